The first-order chi connectivity index (χ1) is 21.8. The average molecular weight is 624 g/mol. The fraction of sp³-hybridized carbons (Fsp3) is 0.250. The predicted molar refractivity (Wildman–Crippen MR) is 175 cm³/mol. The van der Waals surface area contributed by atoms with E-state index >= 15 is 0 Å². The molecule has 0 saturated carbocycles. The van der Waals surface area contributed by atoms with E-state index in [0.717, 1.165) is 11.1 Å². The van der Waals surface area contributed by atoms with E-state index < -0.39 is 39.4 Å². The van der Waals surface area contributed by atoms with Gasteiger partial charge in [0.25, 0.3) is 5.89 Å². The van der Waals surface area contributed by atoms with E-state index in [1.165, 1.54) is 0 Å². The first-order valence-corrected chi connectivity index (χ1v) is 16.9. The summed E-state index contributed by atoms with van der Waals surface area (Å²) >= 11 is 0. The summed E-state index contributed by atoms with van der Waals surface area (Å²) in [4.78, 5) is 34.1. The van der Waals surface area contributed by atoms with Gasteiger partial charge in [-0.05, 0) is 35.2 Å². The van der Waals surface area contributed by atoms with Crippen molar-refractivity contribution in [1.29, 1.82) is 0 Å². The minimum absolute atomic E-state index is 0.0892. The highest BCUT2D eigenvalue weighted by molar-refractivity contribution is 7.90. The third kappa shape index (κ3) is 8.74. The van der Waals surface area contributed by atoms with Gasteiger partial charge in [0, 0.05) is 13.1 Å². The average Bonchev–Trinajstić information content (AvgIpc) is 3.49. The van der Waals surface area contributed by atoms with Gasteiger partial charge in [-0.2, -0.15) is 0 Å². The summed E-state index contributed by atoms with van der Waals surface area (Å²) in [6.07, 6.45) is 0.940. The van der Waals surface area contributed by atoms with Gasteiger partial charge in [0.2, 0.25) is 11.7 Å². The number of Topliss-reactive ketones (excluding diaryl/α,β-unsaturated/α-hetero) is 1. The quantitative estimate of drug-likeness (QED) is 0.143. The summed E-state index contributed by atoms with van der Waals surface area (Å²) in [5, 5.41) is 2.90. The Morgan fingerprint density at radius 2 is 1.31 bits per heavy atom. The van der Waals surface area contributed by atoms with Crippen LogP contribution in [0.3, 0.4) is 0 Å². The molecule has 0 bridgehead atoms. The number of nitrogens with one attached hydrogen (secondary N) is 1. The lowest BCUT2D eigenvalue weighted by Gasteiger charge is -2.32. The van der Waals surface area contributed by atoms with Gasteiger partial charge in [-0.3, -0.25) is 14.5 Å². The van der Waals surface area contributed by atoms with Crippen LogP contribution in [-0.2, 0) is 33.5 Å². The van der Waals surface area contributed by atoms with Crippen molar-refractivity contribution in [2.75, 3.05) is 5.75 Å². The molecule has 1 N–H and O–H groups in total. The second kappa shape index (κ2) is 14.9. The molecule has 1 aromatic heterocycles. The smallest absolute Gasteiger partial charge is 0.266 e. The Morgan fingerprint density at radius 3 is 1.87 bits per heavy atom. The van der Waals surface area contributed by atoms with E-state index in [9.17, 15) is 18.0 Å². The normalized spacial score (nSPS) is 13.0. The SMILES string of the molecule is CCC[C@H](NC(=O)[C@H](CS(=O)(=O)Cc1ccccc1)N(Cc1ccccc1)Cc1ccccc1)C(=O)c1nc2ccccc2o1. The van der Waals surface area contributed by atoms with E-state index in [4.69, 9.17) is 4.42 Å². The molecule has 0 saturated heterocycles. The van der Waals surface area contributed by atoms with Crippen molar-refractivity contribution in [2.24, 2.45) is 0 Å². The number of nitrogens with zero attached hydrogens (tertiary/aromatic N) is 2. The Labute approximate surface area is 264 Å². The van der Waals surface area contributed by atoms with E-state index in [0.29, 0.717) is 42.6 Å². The summed E-state index contributed by atoms with van der Waals surface area (Å²) in [7, 11) is -3.76. The molecule has 2 atom stereocenters. The number of amides is 1. The number of carbonyl (C=O) groups excluding carboxylic acids is 2. The molecule has 4 aromatic carbocycles. The molecular formula is C36H37N3O5S. The van der Waals surface area contributed by atoms with Crippen LogP contribution in [0.15, 0.2) is 120 Å². The number of carbonyl (C=O) groups is 2. The Morgan fingerprint density at radius 1 is 0.778 bits per heavy atom. The number of rotatable bonds is 15. The molecule has 1 amide bonds. The van der Waals surface area contributed by atoms with Gasteiger partial charge in [0.1, 0.15) is 11.6 Å². The molecule has 0 aliphatic heterocycles. The summed E-state index contributed by atoms with van der Waals surface area (Å²) in [5.41, 5.74) is 3.52. The summed E-state index contributed by atoms with van der Waals surface area (Å²) in [6, 6.07) is 33.2. The van der Waals surface area contributed by atoms with Crippen LogP contribution in [0.2, 0.25) is 0 Å². The van der Waals surface area contributed by atoms with Gasteiger partial charge in [0.15, 0.2) is 15.4 Å². The van der Waals surface area contributed by atoms with E-state index in [1.54, 1.807) is 48.5 Å². The zero-order chi connectivity index (χ0) is 31.6. The predicted octanol–water partition coefficient (Wildman–Crippen LogP) is 5.98. The van der Waals surface area contributed by atoms with Crippen molar-refractivity contribution in [3.63, 3.8) is 0 Å². The van der Waals surface area contributed by atoms with Crippen LogP contribution >= 0.6 is 0 Å². The molecular weight excluding hydrogens is 586 g/mol. The van der Waals surface area contributed by atoms with E-state index in [1.807, 2.05) is 78.6 Å². The van der Waals surface area contributed by atoms with Crippen LogP contribution in [0.4, 0.5) is 0 Å². The van der Waals surface area contributed by atoms with Crippen LogP contribution in [0.25, 0.3) is 11.1 Å². The molecule has 0 radical (unpaired) electrons. The molecule has 0 aliphatic rings. The standard InChI is InChI=1S/C36H37N3O5S/c1-2-14-31(34(40)36-38-30-21-12-13-22-33(30)44-36)37-35(41)32(26-45(42,43)25-29-19-10-5-11-20-29)39(23-27-15-6-3-7-16-27)24-28-17-8-4-9-18-28/h3-13,15-22,31-32H,2,14,23-26H2,1H3,(H,37,41)/t31-,32-/m0/s1. The fourth-order valence-corrected chi connectivity index (χ4v) is 7.00. The number of ketones is 1. The third-order valence-corrected chi connectivity index (χ3v) is 9.15. The lowest BCUT2D eigenvalue weighted by atomic mass is 10.1. The molecule has 5 rings (SSSR count). The van der Waals surface area contributed by atoms with Gasteiger partial charge in [-0.15, -0.1) is 0 Å². The highest BCUT2D eigenvalue weighted by atomic mass is 32.2. The molecule has 232 valence electrons. The van der Waals surface area contributed by atoms with Gasteiger partial charge < -0.3 is 9.73 Å². The number of hydrogen-bond acceptors (Lipinski definition) is 7. The van der Waals surface area contributed by atoms with Gasteiger partial charge >= 0.3 is 0 Å². The van der Waals surface area contributed by atoms with Gasteiger partial charge in [0.05, 0.1) is 17.5 Å². The first kappa shape index (κ1) is 31.8. The first-order valence-electron chi connectivity index (χ1n) is 15.1. The molecule has 1 heterocycles. The van der Waals surface area contributed by atoms with E-state index in [-0.39, 0.29) is 11.6 Å². The topological polar surface area (TPSA) is 110 Å². The van der Waals surface area contributed by atoms with Crippen molar-refractivity contribution in [2.45, 2.75) is 50.7 Å². The van der Waals surface area contributed by atoms with Crippen LogP contribution in [0.5, 0.6) is 0 Å². The lowest BCUT2D eigenvalue weighted by Crippen LogP contribution is -2.54. The number of sulfone groups is 1. The zero-order valence-electron chi connectivity index (χ0n) is 25.2. The fourth-order valence-electron chi connectivity index (χ4n) is 5.34. The number of hydrogen-bond donors (Lipinski definition) is 1. The largest absolute Gasteiger partial charge is 0.434 e. The summed E-state index contributed by atoms with van der Waals surface area (Å²) in [5.74, 6) is -1.72. The second-order valence-corrected chi connectivity index (χ2v) is 13.2. The zero-order valence-corrected chi connectivity index (χ0v) is 26.0. The number of para-hydroxylation sites is 2. The lowest BCUT2D eigenvalue weighted by molar-refractivity contribution is -0.126. The van der Waals surface area contributed by atoms with Crippen molar-refractivity contribution >= 4 is 32.6 Å². The summed E-state index contributed by atoms with van der Waals surface area (Å²) in [6.45, 7) is 2.57. The maximum absolute atomic E-state index is 14.3. The Hall–Kier alpha value is -4.60. The maximum atomic E-state index is 14.3. The van der Waals surface area contributed by atoms with Crippen molar-refractivity contribution in [1.82, 2.24) is 15.2 Å². The minimum Gasteiger partial charge on any atom is -0.434 e. The second-order valence-electron chi connectivity index (χ2n) is 11.1. The molecule has 0 fully saturated rings. The van der Waals surface area contributed by atoms with Crippen molar-refractivity contribution < 1.29 is 22.4 Å². The molecule has 8 nitrogen and oxygen atoms in total. The molecule has 5 aromatic rings. The monoisotopic (exact) mass is 623 g/mol. The van der Waals surface area contributed by atoms with Gasteiger partial charge in [-0.25, -0.2) is 13.4 Å². The van der Waals surface area contributed by atoms with Crippen LogP contribution in [0.1, 0.15) is 47.1 Å². The van der Waals surface area contributed by atoms with Crippen LogP contribution in [-0.4, -0.2) is 47.8 Å². The van der Waals surface area contributed by atoms with Gasteiger partial charge in [-0.1, -0.05) is 116 Å². The van der Waals surface area contributed by atoms with E-state index in [2.05, 4.69) is 10.3 Å². The number of benzene rings is 4. The van der Waals surface area contributed by atoms with Crippen molar-refractivity contribution in [3.05, 3.63) is 138 Å². The van der Waals surface area contributed by atoms with Crippen LogP contribution in [0, 0.1) is 0 Å². The number of oxazole rings is 1. The molecule has 9 heteroatoms. The number of fused-ring (bicyclic) bond motifs is 1. The maximum Gasteiger partial charge on any atom is 0.266 e. The molecule has 45 heavy (non-hydrogen) atoms. The molecule has 0 unspecified atom stereocenters. The highest BCUT2D eigenvalue weighted by Crippen LogP contribution is 2.20. The highest BCUT2D eigenvalue weighted by Gasteiger charge is 2.35. The Balaban J connectivity index is 1.48. The third-order valence-electron chi connectivity index (χ3n) is 7.56. The van der Waals surface area contributed by atoms with Crippen LogP contribution < -0.4 is 5.32 Å². The Bertz CT molecular complexity index is 1730. The Kier molecular flexibility index (Phi) is 10.5. The minimum atomic E-state index is -3.76. The number of aromatic nitrogens is 1. The van der Waals surface area contributed by atoms with Crippen molar-refractivity contribution in [3.8, 4) is 0 Å². The molecule has 0 spiro atoms. The molecule has 0 aliphatic carbocycles. The summed E-state index contributed by atoms with van der Waals surface area (Å²) < 4.78 is 33.1.